The van der Waals surface area contributed by atoms with Crippen LogP contribution in [0.4, 0.5) is 0 Å². The van der Waals surface area contributed by atoms with Crippen molar-refractivity contribution in [2.75, 3.05) is 6.54 Å². The molecule has 1 aliphatic rings. The lowest BCUT2D eigenvalue weighted by molar-refractivity contribution is -0.143. The van der Waals surface area contributed by atoms with Gasteiger partial charge in [0.05, 0.1) is 11.8 Å². The number of hydrogen-bond donors (Lipinski definition) is 2. The molecule has 0 aromatic heterocycles. The highest BCUT2D eigenvalue weighted by Gasteiger charge is 2.50. The normalized spacial score (nSPS) is 16.1. The summed E-state index contributed by atoms with van der Waals surface area (Å²) in [5.74, 6) is -0.929. The molecule has 1 aromatic carbocycles. The van der Waals surface area contributed by atoms with Gasteiger partial charge in [-0.05, 0) is 53.1 Å². The van der Waals surface area contributed by atoms with E-state index in [1.165, 1.54) is 0 Å². The SMILES string of the molecule is O=C(Cc1cccc(I)c1)NCC1(C(=O)O)CC1. The van der Waals surface area contributed by atoms with Crippen LogP contribution < -0.4 is 5.32 Å². The fourth-order valence-electron chi connectivity index (χ4n) is 1.78. The number of halogens is 1. The molecule has 96 valence electrons. The molecule has 1 fully saturated rings. The monoisotopic (exact) mass is 359 g/mol. The second-order valence-corrected chi connectivity index (χ2v) is 5.91. The molecule has 1 amide bonds. The van der Waals surface area contributed by atoms with Crippen molar-refractivity contribution < 1.29 is 14.7 Å². The Bertz CT molecular complexity index is 483. The Morgan fingerprint density at radius 3 is 2.67 bits per heavy atom. The van der Waals surface area contributed by atoms with E-state index in [-0.39, 0.29) is 12.5 Å². The van der Waals surface area contributed by atoms with Crippen LogP contribution in [0.25, 0.3) is 0 Å². The quantitative estimate of drug-likeness (QED) is 0.789. The van der Waals surface area contributed by atoms with Crippen LogP contribution in [0.3, 0.4) is 0 Å². The van der Waals surface area contributed by atoms with Crippen LogP contribution in [0.5, 0.6) is 0 Å². The number of aliphatic carboxylic acids is 1. The van der Waals surface area contributed by atoms with Crippen molar-refractivity contribution >= 4 is 34.5 Å². The maximum absolute atomic E-state index is 11.7. The predicted molar refractivity (Wildman–Crippen MR) is 75.2 cm³/mol. The van der Waals surface area contributed by atoms with E-state index < -0.39 is 11.4 Å². The second kappa shape index (κ2) is 5.26. The molecule has 1 saturated carbocycles. The number of benzene rings is 1. The van der Waals surface area contributed by atoms with Crippen LogP contribution in [0, 0.1) is 8.99 Å². The molecular weight excluding hydrogens is 345 g/mol. The molecule has 0 spiro atoms. The van der Waals surface area contributed by atoms with E-state index >= 15 is 0 Å². The Morgan fingerprint density at radius 2 is 2.11 bits per heavy atom. The van der Waals surface area contributed by atoms with E-state index in [2.05, 4.69) is 27.9 Å². The summed E-state index contributed by atoms with van der Waals surface area (Å²) in [4.78, 5) is 22.7. The summed E-state index contributed by atoms with van der Waals surface area (Å²) in [5.41, 5.74) is 0.250. The van der Waals surface area contributed by atoms with Gasteiger partial charge in [-0.2, -0.15) is 0 Å². The molecule has 0 radical (unpaired) electrons. The van der Waals surface area contributed by atoms with Crippen LogP contribution in [0.15, 0.2) is 24.3 Å². The first-order valence-electron chi connectivity index (χ1n) is 5.76. The molecule has 1 aromatic rings. The number of carbonyl (C=O) groups excluding carboxylic acids is 1. The van der Waals surface area contributed by atoms with Gasteiger partial charge >= 0.3 is 5.97 Å². The summed E-state index contributed by atoms with van der Waals surface area (Å²) >= 11 is 2.20. The predicted octanol–water partition coefficient (Wildman–Crippen LogP) is 1.81. The zero-order chi connectivity index (χ0) is 13.2. The Labute approximate surface area is 119 Å². The minimum absolute atomic E-state index is 0.121. The van der Waals surface area contributed by atoms with E-state index in [0.717, 1.165) is 9.13 Å². The molecule has 4 nitrogen and oxygen atoms in total. The van der Waals surface area contributed by atoms with Crippen LogP contribution in [-0.4, -0.2) is 23.5 Å². The van der Waals surface area contributed by atoms with Gasteiger partial charge in [0.1, 0.15) is 0 Å². The largest absolute Gasteiger partial charge is 0.481 e. The van der Waals surface area contributed by atoms with Crippen LogP contribution in [-0.2, 0) is 16.0 Å². The summed E-state index contributed by atoms with van der Waals surface area (Å²) < 4.78 is 1.09. The number of carboxylic acids is 1. The average Bonchev–Trinajstić information content (AvgIpc) is 3.07. The van der Waals surface area contributed by atoms with E-state index in [0.29, 0.717) is 19.3 Å². The summed E-state index contributed by atoms with van der Waals surface area (Å²) in [6, 6.07) is 7.71. The number of carbonyl (C=O) groups is 2. The maximum atomic E-state index is 11.7. The zero-order valence-corrected chi connectivity index (χ0v) is 11.9. The lowest BCUT2D eigenvalue weighted by Crippen LogP contribution is -2.35. The first kappa shape index (κ1) is 13.3. The number of amides is 1. The van der Waals surface area contributed by atoms with Crippen molar-refractivity contribution in [3.63, 3.8) is 0 Å². The van der Waals surface area contributed by atoms with Gasteiger partial charge in [-0.15, -0.1) is 0 Å². The van der Waals surface area contributed by atoms with E-state index in [1.54, 1.807) is 0 Å². The highest BCUT2D eigenvalue weighted by Crippen LogP contribution is 2.45. The number of hydrogen-bond acceptors (Lipinski definition) is 2. The minimum atomic E-state index is -0.808. The van der Waals surface area contributed by atoms with Crippen molar-refractivity contribution in [3.8, 4) is 0 Å². The highest BCUT2D eigenvalue weighted by molar-refractivity contribution is 14.1. The Balaban J connectivity index is 1.84. The van der Waals surface area contributed by atoms with E-state index in [1.807, 2.05) is 24.3 Å². The second-order valence-electron chi connectivity index (χ2n) is 4.67. The third-order valence-electron chi connectivity index (χ3n) is 3.18. The topological polar surface area (TPSA) is 66.4 Å². The molecule has 0 bridgehead atoms. The molecule has 0 aliphatic heterocycles. The van der Waals surface area contributed by atoms with Crippen LogP contribution in [0.1, 0.15) is 18.4 Å². The molecule has 18 heavy (non-hydrogen) atoms. The Hall–Kier alpha value is -1.11. The zero-order valence-electron chi connectivity index (χ0n) is 9.78. The molecular formula is C13H14INO3. The van der Waals surface area contributed by atoms with Gasteiger partial charge in [0.15, 0.2) is 0 Å². The van der Waals surface area contributed by atoms with Crippen LogP contribution in [0.2, 0.25) is 0 Å². The average molecular weight is 359 g/mol. The Morgan fingerprint density at radius 1 is 1.39 bits per heavy atom. The van der Waals surface area contributed by atoms with Gasteiger partial charge in [0.25, 0.3) is 0 Å². The molecule has 0 heterocycles. The van der Waals surface area contributed by atoms with Gasteiger partial charge in [0, 0.05) is 10.1 Å². The third kappa shape index (κ3) is 3.22. The van der Waals surface area contributed by atoms with E-state index in [9.17, 15) is 9.59 Å². The summed E-state index contributed by atoms with van der Waals surface area (Å²) in [5, 5.41) is 11.7. The molecule has 2 rings (SSSR count). The fourth-order valence-corrected chi connectivity index (χ4v) is 2.39. The lowest BCUT2D eigenvalue weighted by atomic mass is 10.1. The van der Waals surface area contributed by atoms with Gasteiger partial charge < -0.3 is 10.4 Å². The van der Waals surface area contributed by atoms with Crippen LogP contribution >= 0.6 is 22.6 Å². The minimum Gasteiger partial charge on any atom is -0.481 e. The molecule has 0 unspecified atom stereocenters. The van der Waals surface area contributed by atoms with Gasteiger partial charge in [-0.25, -0.2) is 0 Å². The van der Waals surface area contributed by atoms with Gasteiger partial charge in [-0.1, -0.05) is 12.1 Å². The van der Waals surface area contributed by atoms with Crippen molar-refractivity contribution in [1.29, 1.82) is 0 Å². The third-order valence-corrected chi connectivity index (χ3v) is 3.86. The molecule has 1 aliphatic carbocycles. The molecule has 0 atom stereocenters. The number of rotatable bonds is 5. The van der Waals surface area contributed by atoms with Crippen molar-refractivity contribution in [3.05, 3.63) is 33.4 Å². The van der Waals surface area contributed by atoms with Crippen molar-refractivity contribution in [2.24, 2.45) is 5.41 Å². The first-order chi connectivity index (χ1) is 8.52. The summed E-state index contributed by atoms with van der Waals surface area (Å²) in [7, 11) is 0. The number of carboxylic acid groups (broad SMARTS) is 1. The van der Waals surface area contributed by atoms with Gasteiger partial charge in [0.2, 0.25) is 5.91 Å². The fraction of sp³-hybridized carbons (Fsp3) is 0.385. The summed E-state index contributed by atoms with van der Waals surface area (Å²) in [6.45, 7) is 0.241. The smallest absolute Gasteiger partial charge is 0.311 e. The van der Waals surface area contributed by atoms with Crippen molar-refractivity contribution in [1.82, 2.24) is 5.32 Å². The van der Waals surface area contributed by atoms with Crippen molar-refractivity contribution in [2.45, 2.75) is 19.3 Å². The maximum Gasteiger partial charge on any atom is 0.311 e. The molecule has 2 N–H and O–H groups in total. The van der Waals surface area contributed by atoms with Gasteiger partial charge in [-0.3, -0.25) is 9.59 Å². The Kier molecular flexibility index (Phi) is 3.89. The molecule has 0 saturated heterocycles. The first-order valence-corrected chi connectivity index (χ1v) is 6.84. The number of nitrogens with one attached hydrogen (secondary N) is 1. The lowest BCUT2D eigenvalue weighted by Gasteiger charge is -2.11. The highest BCUT2D eigenvalue weighted by atomic mass is 127. The standard InChI is InChI=1S/C13H14INO3/c14-10-3-1-2-9(6-10)7-11(16)15-8-13(4-5-13)12(17)18/h1-3,6H,4-5,7-8H2,(H,15,16)(H,17,18). The summed E-state index contributed by atoms with van der Waals surface area (Å²) in [6.07, 6.45) is 1.62. The molecule has 5 heteroatoms. The van der Waals surface area contributed by atoms with E-state index in [4.69, 9.17) is 5.11 Å².